The number of hydrogen-bond acceptors (Lipinski definition) is 3. The molecular formula is C24H24FN5O. The lowest BCUT2D eigenvalue weighted by Crippen LogP contribution is -2.37. The molecule has 2 aromatic heterocycles. The van der Waals surface area contributed by atoms with Crippen LogP contribution in [0.25, 0.3) is 10.9 Å². The highest BCUT2D eigenvalue weighted by molar-refractivity contribution is 5.83. The van der Waals surface area contributed by atoms with Gasteiger partial charge in [0.2, 0.25) is 0 Å². The van der Waals surface area contributed by atoms with E-state index < -0.39 is 5.82 Å². The summed E-state index contributed by atoms with van der Waals surface area (Å²) < 4.78 is 19.9. The third kappa shape index (κ3) is 5.19. The standard InChI is InChI=1S/C24H24FN5O/c1-26-24(28-12-10-18-15-29-22-7-3-2-6-20(18)22)30-14-17-8-9-23(21(25)13-17)31-19-5-4-11-27-16-19/h2-9,11,13,15-16,29H,10,12,14H2,1H3,(H2,26,28,30). The van der Waals surface area contributed by atoms with Crippen LogP contribution in [0.1, 0.15) is 11.1 Å². The normalized spacial score (nSPS) is 11.5. The van der Waals surface area contributed by atoms with Crippen molar-refractivity contribution in [1.82, 2.24) is 20.6 Å². The van der Waals surface area contributed by atoms with Crippen LogP contribution in [0.5, 0.6) is 11.5 Å². The van der Waals surface area contributed by atoms with E-state index in [2.05, 4.69) is 37.7 Å². The van der Waals surface area contributed by atoms with Gasteiger partial charge in [-0.2, -0.15) is 0 Å². The summed E-state index contributed by atoms with van der Waals surface area (Å²) in [4.78, 5) is 11.5. The minimum Gasteiger partial charge on any atom is -0.453 e. The van der Waals surface area contributed by atoms with E-state index in [0.29, 0.717) is 18.3 Å². The van der Waals surface area contributed by atoms with Crippen molar-refractivity contribution in [3.05, 3.63) is 90.1 Å². The van der Waals surface area contributed by atoms with Crippen LogP contribution in [0.3, 0.4) is 0 Å². The van der Waals surface area contributed by atoms with Crippen LogP contribution in [-0.4, -0.2) is 29.5 Å². The molecule has 0 aliphatic heterocycles. The number of para-hydroxylation sites is 1. The third-order valence-corrected chi connectivity index (χ3v) is 4.90. The molecule has 6 nitrogen and oxygen atoms in total. The van der Waals surface area contributed by atoms with Crippen molar-refractivity contribution in [1.29, 1.82) is 0 Å². The molecule has 0 atom stereocenters. The number of H-pyrrole nitrogens is 1. The molecule has 0 fully saturated rings. The summed E-state index contributed by atoms with van der Waals surface area (Å²) in [5.74, 6) is 0.895. The van der Waals surface area contributed by atoms with Gasteiger partial charge < -0.3 is 20.4 Å². The molecule has 0 aliphatic carbocycles. The van der Waals surface area contributed by atoms with E-state index in [-0.39, 0.29) is 5.75 Å². The van der Waals surface area contributed by atoms with Gasteiger partial charge in [0.1, 0.15) is 5.75 Å². The van der Waals surface area contributed by atoms with Crippen molar-refractivity contribution in [2.75, 3.05) is 13.6 Å². The largest absolute Gasteiger partial charge is 0.453 e. The van der Waals surface area contributed by atoms with Gasteiger partial charge in [0.25, 0.3) is 0 Å². The van der Waals surface area contributed by atoms with Gasteiger partial charge in [0.15, 0.2) is 17.5 Å². The zero-order valence-corrected chi connectivity index (χ0v) is 17.2. The summed E-state index contributed by atoms with van der Waals surface area (Å²) in [5.41, 5.74) is 3.18. The van der Waals surface area contributed by atoms with Crippen molar-refractivity contribution < 1.29 is 9.13 Å². The summed E-state index contributed by atoms with van der Waals surface area (Å²) in [6.45, 7) is 1.17. The number of aromatic amines is 1. The van der Waals surface area contributed by atoms with Gasteiger partial charge in [-0.15, -0.1) is 0 Å². The second-order valence-electron chi connectivity index (χ2n) is 7.02. The van der Waals surface area contributed by atoms with E-state index in [1.807, 2.05) is 24.4 Å². The molecule has 31 heavy (non-hydrogen) atoms. The number of aliphatic imine (C=N–C) groups is 1. The smallest absolute Gasteiger partial charge is 0.191 e. The maximum absolute atomic E-state index is 14.4. The molecule has 2 aromatic carbocycles. The summed E-state index contributed by atoms with van der Waals surface area (Å²) in [5, 5.41) is 7.75. The van der Waals surface area contributed by atoms with E-state index in [1.54, 1.807) is 37.6 Å². The SMILES string of the molecule is CN=C(NCCc1c[nH]c2ccccc12)NCc1ccc(Oc2cccnc2)c(F)c1. The van der Waals surface area contributed by atoms with E-state index >= 15 is 0 Å². The number of ether oxygens (including phenoxy) is 1. The number of nitrogens with one attached hydrogen (secondary N) is 3. The average Bonchev–Trinajstić information content (AvgIpc) is 3.21. The summed E-state index contributed by atoms with van der Waals surface area (Å²) in [6, 6.07) is 16.6. The first-order chi connectivity index (χ1) is 15.2. The predicted molar refractivity (Wildman–Crippen MR) is 121 cm³/mol. The molecule has 4 rings (SSSR count). The third-order valence-electron chi connectivity index (χ3n) is 4.90. The van der Waals surface area contributed by atoms with E-state index in [0.717, 1.165) is 24.0 Å². The molecule has 0 spiro atoms. The Morgan fingerprint density at radius 3 is 2.84 bits per heavy atom. The number of halogens is 1. The fraction of sp³-hybridized carbons (Fsp3) is 0.167. The molecule has 2 heterocycles. The minimum absolute atomic E-state index is 0.165. The van der Waals surface area contributed by atoms with Crippen molar-refractivity contribution in [3.8, 4) is 11.5 Å². The Morgan fingerprint density at radius 2 is 2.03 bits per heavy atom. The van der Waals surface area contributed by atoms with Crippen LogP contribution in [-0.2, 0) is 13.0 Å². The summed E-state index contributed by atoms with van der Waals surface area (Å²) in [6.07, 6.45) is 6.08. The Morgan fingerprint density at radius 1 is 1.13 bits per heavy atom. The molecule has 3 N–H and O–H groups in total. The Kier molecular flexibility index (Phi) is 6.42. The molecule has 0 amide bonds. The van der Waals surface area contributed by atoms with E-state index in [4.69, 9.17) is 4.74 Å². The highest BCUT2D eigenvalue weighted by Crippen LogP contribution is 2.24. The molecule has 0 saturated heterocycles. The highest BCUT2D eigenvalue weighted by Gasteiger charge is 2.08. The molecular weight excluding hydrogens is 393 g/mol. The number of aromatic nitrogens is 2. The Labute approximate surface area is 180 Å². The fourth-order valence-corrected chi connectivity index (χ4v) is 3.33. The molecule has 0 aliphatic rings. The van der Waals surface area contributed by atoms with Crippen molar-refractivity contribution in [2.24, 2.45) is 4.99 Å². The topological polar surface area (TPSA) is 74.3 Å². The molecule has 0 unspecified atom stereocenters. The van der Waals surface area contributed by atoms with Crippen LogP contribution < -0.4 is 15.4 Å². The number of guanidine groups is 1. The second kappa shape index (κ2) is 9.75. The zero-order valence-electron chi connectivity index (χ0n) is 17.2. The predicted octanol–water partition coefficient (Wildman–Crippen LogP) is 4.40. The number of benzene rings is 2. The first-order valence-electron chi connectivity index (χ1n) is 10.1. The van der Waals surface area contributed by atoms with Crippen molar-refractivity contribution >= 4 is 16.9 Å². The lowest BCUT2D eigenvalue weighted by molar-refractivity contribution is 0.440. The first kappa shape index (κ1) is 20.4. The first-order valence-corrected chi connectivity index (χ1v) is 10.1. The minimum atomic E-state index is -0.426. The van der Waals surface area contributed by atoms with Crippen LogP contribution in [0.15, 0.2) is 78.2 Å². The average molecular weight is 417 g/mol. The molecule has 7 heteroatoms. The highest BCUT2D eigenvalue weighted by atomic mass is 19.1. The molecule has 0 radical (unpaired) electrons. The van der Waals surface area contributed by atoms with Crippen LogP contribution in [0.4, 0.5) is 4.39 Å². The number of pyridine rings is 1. The Bertz CT molecular complexity index is 1170. The number of rotatable bonds is 7. The monoisotopic (exact) mass is 417 g/mol. The van der Waals surface area contributed by atoms with Gasteiger partial charge in [-0.05, 0) is 47.9 Å². The van der Waals surface area contributed by atoms with Gasteiger partial charge >= 0.3 is 0 Å². The number of nitrogens with zero attached hydrogens (tertiary/aromatic N) is 2. The van der Waals surface area contributed by atoms with Crippen molar-refractivity contribution in [3.63, 3.8) is 0 Å². The Balaban J connectivity index is 1.28. The number of fused-ring (bicyclic) bond motifs is 1. The van der Waals surface area contributed by atoms with Gasteiger partial charge in [0.05, 0.1) is 6.20 Å². The van der Waals surface area contributed by atoms with Gasteiger partial charge in [-0.25, -0.2) is 4.39 Å². The lowest BCUT2D eigenvalue weighted by atomic mass is 10.1. The van der Waals surface area contributed by atoms with Crippen LogP contribution in [0, 0.1) is 5.82 Å². The summed E-state index contributed by atoms with van der Waals surface area (Å²) >= 11 is 0. The quantitative estimate of drug-likeness (QED) is 0.308. The fourth-order valence-electron chi connectivity index (χ4n) is 3.33. The van der Waals surface area contributed by atoms with E-state index in [9.17, 15) is 4.39 Å². The van der Waals surface area contributed by atoms with E-state index in [1.165, 1.54) is 17.0 Å². The van der Waals surface area contributed by atoms with Gasteiger partial charge in [0, 0.05) is 43.4 Å². The maximum Gasteiger partial charge on any atom is 0.191 e. The maximum atomic E-state index is 14.4. The lowest BCUT2D eigenvalue weighted by Gasteiger charge is -2.13. The molecule has 0 saturated carbocycles. The van der Waals surface area contributed by atoms with Crippen LogP contribution in [0.2, 0.25) is 0 Å². The van der Waals surface area contributed by atoms with Crippen molar-refractivity contribution in [2.45, 2.75) is 13.0 Å². The summed E-state index contributed by atoms with van der Waals surface area (Å²) in [7, 11) is 1.71. The van der Waals surface area contributed by atoms with Crippen LogP contribution >= 0.6 is 0 Å². The zero-order chi connectivity index (χ0) is 21.5. The van der Waals surface area contributed by atoms with Gasteiger partial charge in [-0.3, -0.25) is 9.98 Å². The molecule has 0 bridgehead atoms. The molecule has 158 valence electrons. The number of hydrogen-bond donors (Lipinski definition) is 3. The van der Waals surface area contributed by atoms with Gasteiger partial charge in [-0.1, -0.05) is 24.3 Å². The second-order valence-corrected chi connectivity index (χ2v) is 7.02. The molecule has 4 aromatic rings. The Hall–Kier alpha value is -3.87.